The normalized spacial score (nSPS) is 9.93. The van der Waals surface area contributed by atoms with Crippen molar-refractivity contribution in [3.8, 4) is 11.1 Å². The second kappa shape index (κ2) is 4.05. The molecule has 2 aromatic rings. The molecule has 0 saturated heterocycles. The quantitative estimate of drug-likeness (QED) is 0.680. The summed E-state index contributed by atoms with van der Waals surface area (Å²) in [6.07, 6.45) is 0.530. The zero-order chi connectivity index (χ0) is 10.7. The van der Waals surface area contributed by atoms with Gasteiger partial charge in [0, 0.05) is 5.56 Å². The molecule has 0 saturated carbocycles. The van der Waals surface area contributed by atoms with Gasteiger partial charge in [0.2, 0.25) is 0 Å². The molecule has 0 amide bonds. The van der Waals surface area contributed by atoms with Crippen molar-refractivity contribution in [1.82, 2.24) is 0 Å². The Balaban J connectivity index is 2.59. The van der Waals surface area contributed by atoms with Crippen molar-refractivity contribution < 1.29 is 9.18 Å². The third-order valence-corrected chi connectivity index (χ3v) is 2.24. The van der Waals surface area contributed by atoms with Crippen LogP contribution in [0.25, 0.3) is 11.1 Å². The number of aldehydes is 1. The Morgan fingerprint density at radius 3 is 2.33 bits per heavy atom. The van der Waals surface area contributed by atoms with Gasteiger partial charge in [0.1, 0.15) is 5.82 Å². The molecule has 15 heavy (non-hydrogen) atoms. The van der Waals surface area contributed by atoms with Gasteiger partial charge in [-0.3, -0.25) is 4.79 Å². The van der Waals surface area contributed by atoms with Crippen molar-refractivity contribution in [3.05, 3.63) is 59.9 Å². The molecule has 0 aliphatic rings. The molecule has 0 aliphatic heterocycles. The number of halogens is 1. The van der Waals surface area contributed by atoms with Crippen LogP contribution >= 0.6 is 0 Å². The maximum absolute atomic E-state index is 13.7. The Bertz CT molecular complexity index is 477. The summed E-state index contributed by atoms with van der Waals surface area (Å²) in [6.45, 7) is 0. The highest BCUT2D eigenvalue weighted by atomic mass is 19.1. The zero-order valence-corrected chi connectivity index (χ0v) is 7.98. The minimum absolute atomic E-state index is 0.0938. The first-order valence-corrected chi connectivity index (χ1v) is 4.62. The maximum Gasteiger partial charge on any atom is 0.153 e. The number of carbonyl (C=O) groups is 1. The van der Waals surface area contributed by atoms with E-state index in [0.717, 1.165) is 5.56 Å². The molecule has 0 aromatic heterocycles. The van der Waals surface area contributed by atoms with Gasteiger partial charge in [-0.25, -0.2) is 4.39 Å². The Morgan fingerprint density at radius 2 is 1.67 bits per heavy atom. The molecule has 74 valence electrons. The van der Waals surface area contributed by atoms with Crippen LogP contribution in [0.1, 0.15) is 10.4 Å². The van der Waals surface area contributed by atoms with E-state index in [1.807, 2.05) is 30.3 Å². The van der Waals surface area contributed by atoms with Crippen molar-refractivity contribution >= 4 is 6.29 Å². The van der Waals surface area contributed by atoms with Gasteiger partial charge in [0.05, 0.1) is 5.56 Å². The Labute approximate surface area is 87.2 Å². The lowest BCUT2D eigenvalue weighted by atomic mass is 10.0. The van der Waals surface area contributed by atoms with Crippen molar-refractivity contribution in [2.45, 2.75) is 0 Å². The van der Waals surface area contributed by atoms with E-state index in [-0.39, 0.29) is 5.56 Å². The minimum Gasteiger partial charge on any atom is -0.298 e. The molecule has 0 spiro atoms. The van der Waals surface area contributed by atoms with Gasteiger partial charge in [-0.05, 0) is 11.6 Å². The van der Waals surface area contributed by atoms with Crippen LogP contribution in [0.5, 0.6) is 0 Å². The summed E-state index contributed by atoms with van der Waals surface area (Å²) in [5.41, 5.74) is 1.33. The standard InChI is InChI=1S/C13H9FO/c14-13-11(9-15)7-4-8-12(13)10-5-2-1-3-6-10/h1-9H. The summed E-state index contributed by atoms with van der Waals surface area (Å²) in [5, 5.41) is 0. The number of hydrogen-bond donors (Lipinski definition) is 0. The molecule has 0 aliphatic carbocycles. The predicted octanol–water partition coefficient (Wildman–Crippen LogP) is 3.31. The summed E-state index contributed by atoms with van der Waals surface area (Å²) in [5.74, 6) is -0.460. The first-order valence-electron chi connectivity index (χ1n) is 4.62. The molecule has 2 rings (SSSR count). The monoisotopic (exact) mass is 200 g/mol. The molecule has 0 bridgehead atoms. The summed E-state index contributed by atoms with van der Waals surface area (Å²) >= 11 is 0. The van der Waals surface area contributed by atoms with Gasteiger partial charge in [0.25, 0.3) is 0 Å². The van der Waals surface area contributed by atoms with Crippen molar-refractivity contribution in [3.63, 3.8) is 0 Å². The summed E-state index contributed by atoms with van der Waals surface area (Å²) in [6, 6.07) is 14.0. The largest absolute Gasteiger partial charge is 0.298 e. The van der Waals surface area contributed by atoms with Crippen LogP contribution in [0.15, 0.2) is 48.5 Å². The van der Waals surface area contributed by atoms with Crippen LogP contribution in [0, 0.1) is 5.82 Å². The van der Waals surface area contributed by atoms with Gasteiger partial charge < -0.3 is 0 Å². The van der Waals surface area contributed by atoms with Crippen molar-refractivity contribution in [1.29, 1.82) is 0 Å². The van der Waals surface area contributed by atoms with Gasteiger partial charge >= 0.3 is 0 Å². The maximum atomic E-state index is 13.7. The lowest BCUT2D eigenvalue weighted by Gasteiger charge is -2.04. The van der Waals surface area contributed by atoms with Crippen LogP contribution in [-0.2, 0) is 0 Å². The number of benzene rings is 2. The van der Waals surface area contributed by atoms with Crippen LogP contribution in [0.2, 0.25) is 0 Å². The summed E-state index contributed by atoms with van der Waals surface area (Å²) < 4.78 is 13.7. The van der Waals surface area contributed by atoms with Crippen molar-refractivity contribution in [2.24, 2.45) is 0 Å². The fourth-order valence-electron chi connectivity index (χ4n) is 1.48. The average Bonchev–Trinajstić information content (AvgIpc) is 2.30. The molecule has 0 heterocycles. The minimum atomic E-state index is -0.460. The molecule has 0 fully saturated rings. The molecule has 0 N–H and O–H groups in total. The van der Waals surface area contributed by atoms with Crippen LogP contribution in [-0.4, -0.2) is 6.29 Å². The molecule has 0 radical (unpaired) electrons. The highest BCUT2D eigenvalue weighted by molar-refractivity contribution is 5.79. The summed E-state index contributed by atoms with van der Waals surface area (Å²) in [7, 11) is 0. The Morgan fingerprint density at radius 1 is 0.933 bits per heavy atom. The second-order valence-corrected chi connectivity index (χ2v) is 3.19. The van der Waals surface area contributed by atoms with E-state index in [0.29, 0.717) is 11.8 Å². The highest BCUT2D eigenvalue weighted by Gasteiger charge is 2.08. The lowest BCUT2D eigenvalue weighted by molar-refractivity contribution is 0.112. The third kappa shape index (κ3) is 1.79. The Hall–Kier alpha value is -1.96. The lowest BCUT2D eigenvalue weighted by Crippen LogP contribution is -1.91. The van der Waals surface area contributed by atoms with Crippen LogP contribution in [0.3, 0.4) is 0 Å². The average molecular weight is 200 g/mol. The van der Waals surface area contributed by atoms with E-state index >= 15 is 0 Å². The van der Waals surface area contributed by atoms with Gasteiger partial charge in [-0.15, -0.1) is 0 Å². The predicted molar refractivity (Wildman–Crippen MR) is 57.2 cm³/mol. The van der Waals surface area contributed by atoms with E-state index in [2.05, 4.69) is 0 Å². The molecule has 1 nitrogen and oxygen atoms in total. The third-order valence-electron chi connectivity index (χ3n) is 2.24. The van der Waals surface area contributed by atoms with E-state index in [1.54, 1.807) is 12.1 Å². The topological polar surface area (TPSA) is 17.1 Å². The number of carbonyl (C=O) groups excluding carboxylic acids is 1. The molecule has 0 unspecified atom stereocenters. The molecular formula is C13H9FO. The fraction of sp³-hybridized carbons (Fsp3) is 0. The van der Waals surface area contributed by atoms with Gasteiger partial charge in [0.15, 0.2) is 6.29 Å². The van der Waals surface area contributed by atoms with E-state index in [4.69, 9.17) is 0 Å². The van der Waals surface area contributed by atoms with Crippen LogP contribution < -0.4 is 0 Å². The second-order valence-electron chi connectivity index (χ2n) is 3.19. The molecule has 0 atom stereocenters. The molecular weight excluding hydrogens is 191 g/mol. The van der Waals surface area contributed by atoms with E-state index in [9.17, 15) is 9.18 Å². The summed E-state index contributed by atoms with van der Waals surface area (Å²) in [4.78, 5) is 10.6. The fourth-order valence-corrected chi connectivity index (χ4v) is 1.48. The van der Waals surface area contributed by atoms with Crippen molar-refractivity contribution in [2.75, 3.05) is 0 Å². The van der Waals surface area contributed by atoms with E-state index in [1.165, 1.54) is 6.07 Å². The smallest absolute Gasteiger partial charge is 0.153 e. The SMILES string of the molecule is O=Cc1cccc(-c2ccccc2)c1F. The zero-order valence-electron chi connectivity index (χ0n) is 7.98. The van der Waals surface area contributed by atoms with Gasteiger partial charge in [-0.2, -0.15) is 0 Å². The van der Waals surface area contributed by atoms with E-state index < -0.39 is 5.82 Å². The number of rotatable bonds is 2. The first-order chi connectivity index (χ1) is 7.33. The first kappa shape index (κ1) is 9.59. The van der Waals surface area contributed by atoms with Gasteiger partial charge in [-0.1, -0.05) is 42.5 Å². The number of hydrogen-bond acceptors (Lipinski definition) is 1. The Kier molecular flexibility index (Phi) is 2.59. The molecule has 2 aromatic carbocycles. The van der Waals surface area contributed by atoms with Crippen LogP contribution in [0.4, 0.5) is 4.39 Å². The highest BCUT2D eigenvalue weighted by Crippen LogP contribution is 2.23. The molecule has 2 heteroatoms.